The van der Waals surface area contributed by atoms with Gasteiger partial charge in [0.15, 0.2) is 0 Å². The predicted molar refractivity (Wildman–Crippen MR) is 176 cm³/mol. The Kier molecular flexibility index (Phi) is 12.3. The zero-order valence-electron chi connectivity index (χ0n) is 25.8. The van der Waals surface area contributed by atoms with Crippen LogP contribution >= 0.6 is 0 Å². The van der Waals surface area contributed by atoms with E-state index in [9.17, 15) is 18.0 Å². The van der Waals surface area contributed by atoms with Gasteiger partial charge < -0.3 is 15.0 Å². The molecule has 0 aliphatic heterocycles. The Morgan fingerprint density at radius 3 is 1.93 bits per heavy atom. The molecule has 0 heterocycles. The fraction of sp³-hybridized carbons (Fsp3) is 0.278. The Morgan fingerprint density at radius 1 is 0.756 bits per heavy atom. The highest BCUT2D eigenvalue weighted by molar-refractivity contribution is 7.89. The van der Waals surface area contributed by atoms with Crippen LogP contribution in [-0.4, -0.2) is 51.4 Å². The summed E-state index contributed by atoms with van der Waals surface area (Å²) < 4.78 is 32.5. The maximum Gasteiger partial charge on any atom is 0.243 e. The summed E-state index contributed by atoms with van der Waals surface area (Å²) in [5.74, 6) is 0.319. The van der Waals surface area contributed by atoms with Crippen LogP contribution in [0.5, 0.6) is 5.75 Å². The number of hydrogen-bond acceptors (Lipinski definition) is 5. The van der Waals surface area contributed by atoms with Crippen molar-refractivity contribution in [1.29, 1.82) is 0 Å². The van der Waals surface area contributed by atoms with Crippen LogP contribution < -0.4 is 14.8 Å². The average molecular weight is 628 g/mol. The Balaban J connectivity index is 1.56. The van der Waals surface area contributed by atoms with E-state index in [4.69, 9.17) is 4.74 Å². The first-order valence-corrected chi connectivity index (χ1v) is 16.6. The van der Waals surface area contributed by atoms with Crippen LogP contribution in [0.15, 0.2) is 114 Å². The van der Waals surface area contributed by atoms with Gasteiger partial charge in [-0.25, -0.2) is 13.1 Å². The first-order chi connectivity index (χ1) is 21.8. The number of aryl methyl sites for hydroxylation is 1. The summed E-state index contributed by atoms with van der Waals surface area (Å²) in [5.41, 5.74) is 3.77. The van der Waals surface area contributed by atoms with Crippen LogP contribution in [0, 0.1) is 0 Å². The van der Waals surface area contributed by atoms with Gasteiger partial charge in [0.25, 0.3) is 0 Å². The highest BCUT2D eigenvalue weighted by Gasteiger charge is 2.30. The van der Waals surface area contributed by atoms with Gasteiger partial charge in [-0.15, -0.1) is 0 Å². The number of carbonyl (C=O) groups excluding carboxylic acids is 2. The van der Waals surface area contributed by atoms with E-state index >= 15 is 0 Å². The van der Waals surface area contributed by atoms with E-state index in [0.29, 0.717) is 38.1 Å². The lowest BCUT2D eigenvalue weighted by molar-refractivity contribution is -0.141. The highest BCUT2D eigenvalue weighted by Crippen LogP contribution is 2.20. The van der Waals surface area contributed by atoms with Gasteiger partial charge in [-0.05, 0) is 59.4 Å². The molecule has 0 saturated carbocycles. The molecule has 2 amide bonds. The lowest BCUT2D eigenvalue weighted by Gasteiger charge is -2.32. The van der Waals surface area contributed by atoms with Crippen LogP contribution in [0.1, 0.15) is 35.6 Å². The molecule has 9 heteroatoms. The summed E-state index contributed by atoms with van der Waals surface area (Å²) in [6.07, 6.45) is 1.58. The fourth-order valence-electron chi connectivity index (χ4n) is 5.08. The number of benzene rings is 4. The number of amides is 2. The molecule has 8 nitrogen and oxygen atoms in total. The molecule has 4 rings (SSSR count). The summed E-state index contributed by atoms with van der Waals surface area (Å²) >= 11 is 0. The molecule has 0 bridgehead atoms. The fourth-order valence-corrected chi connectivity index (χ4v) is 6.12. The van der Waals surface area contributed by atoms with Crippen molar-refractivity contribution in [3.05, 3.63) is 131 Å². The van der Waals surface area contributed by atoms with Gasteiger partial charge in [-0.2, -0.15) is 0 Å². The van der Waals surface area contributed by atoms with Crippen LogP contribution in [-0.2, 0) is 45.4 Å². The number of ether oxygens (including phenoxy) is 1. The smallest absolute Gasteiger partial charge is 0.243 e. The molecule has 0 aliphatic rings. The molecule has 2 N–H and O–H groups in total. The first kappa shape index (κ1) is 33.4. The van der Waals surface area contributed by atoms with Gasteiger partial charge in [0.05, 0.1) is 12.0 Å². The molecule has 45 heavy (non-hydrogen) atoms. The largest absolute Gasteiger partial charge is 0.497 e. The molecular weight excluding hydrogens is 586 g/mol. The van der Waals surface area contributed by atoms with E-state index in [1.807, 2.05) is 84.9 Å². The molecule has 0 aliphatic carbocycles. The van der Waals surface area contributed by atoms with Gasteiger partial charge >= 0.3 is 0 Å². The third-order valence-corrected chi connectivity index (χ3v) is 9.10. The van der Waals surface area contributed by atoms with Crippen molar-refractivity contribution in [3.8, 4) is 5.75 Å². The van der Waals surface area contributed by atoms with Gasteiger partial charge in [0.2, 0.25) is 21.8 Å². The van der Waals surface area contributed by atoms with Gasteiger partial charge in [0.1, 0.15) is 11.8 Å². The van der Waals surface area contributed by atoms with Crippen LogP contribution in [0.3, 0.4) is 0 Å². The highest BCUT2D eigenvalue weighted by atomic mass is 32.2. The third-order valence-electron chi connectivity index (χ3n) is 7.53. The molecule has 236 valence electrons. The monoisotopic (exact) mass is 627 g/mol. The molecule has 1 unspecified atom stereocenters. The van der Waals surface area contributed by atoms with Crippen LogP contribution in [0.4, 0.5) is 0 Å². The van der Waals surface area contributed by atoms with Crippen molar-refractivity contribution in [2.45, 2.75) is 50.1 Å². The van der Waals surface area contributed by atoms with Gasteiger partial charge in [-0.3, -0.25) is 9.59 Å². The Hall–Kier alpha value is -4.47. The summed E-state index contributed by atoms with van der Waals surface area (Å²) in [6.45, 7) is 2.71. The number of hydrogen-bond donors (Lipinski definition) is 2. The topological polar surface area (TPSA) is 105 Å². The summed E-state index contributed by atoms with van der Waals surface area (Å²) in [5, 5.41) is 3.08. The SMILES string of the molecule is CCNS(=O)(=O)c1ccc(CCC(=O)N(Cc2ccc(OC)cc2)C(Cc2ccccc2)C(=O)NCCc2ccccc2)cc1. The van der Waals surface area contributed by atoms with Gasteiger partial charge in [-0.1, -0.05) is 91.9 Å². The van der Waals surface area contributed by atoms with E-state index < -0.39 is 16.1 Å². The van der Waals surface area contributed by atoms with Crippen molar-refractivity contribution in [1.82, 2.24) is 14.9 Å². The van der Waals surface area contributed by atoms with Crippen molar-refractivity contribution in [3.63, 3.8) is 0 Å². The number of nitrogens with zero attached hydrogens (tertiary/aromatic N) is 1. The Morgan fingerprint density at radius 2 is 1.33 bits per heavy atom. The number of methoxy groups -OCH3 is 1. The maximum atomic E-state index is 14.0. The number of nitrogens with one attached hydrogen (secondary N) is 2. The summed E-state index contributed by atoms with van der Waals surface area (Å²) in [4.78, 5) is 29.7. The van der Waals surface area contributed by atoms with E-state index in [1.54, 1.807) is 43.2 Å². The molecule has 0 fully saturated rings. The predicted octanol–water partition coefficient (Wildman–Crippen LogP) is 4.93. The molecule has 0 saturated heterocycles. The van der Waals surface area contributed by atoms with Crippen molar-refractivity contribution >= 4 is 21.8 Å². The molecular formula is C36H41N3O5S. The van der Waals surface area contributed by atoms with E-state index in [0.717, 1.165) is 22.3 Å². The molecule has 4 aromatic carbocycles. The lowest BCUT2D eigenvalue weighted by Crippen LogP contribution is -2.50. The quantitative estimate of drug-likeness (QED) is 0.184. The van der Waals surface area contributed by atoms with E-state index in [1.165, 1.54) is 0 Å². The van der Waals surface area contributed by atoms with E-state index in [-0.39, 0.29) is 29.7 Å². The second kappa shape index (κ2) is 16.6. The minimum absolute atomic E-state index is 0.151. The average Bonchev–Trinajstić information content (AvgIpc) is 3.06. The number of rotatable bonds is 16. The third kappa shape index (κ3) is 10.0. The standard InChI is InChI=1S/C36H41N3O5S/c1-3-38-45(42,43)33-21-16-29(17-22-33)18-23-35(40)39(27-31-14-19-32(44-2)20-15-31)34(26-30-12-8-5-9-13-30)36(41)37-25-24-28-10-6-4-7-11-28/h4-17,19-22,34,38H,3,18,23-27H2,1-2H3,(H,37,41). The molecule has 0 radical (unpaired) electrons. The summed E-state index contributed by atoms with van der Waals surface area (Å²) in [6, 6.07) is 32.9. The molecule has 1 atom stereocenters. The van der Waals surface area contributed by atoms with Crippen molar-refractivity contribution in [2.24, 2.45) is 0 Å². The zero-order chi connectivity index (χ0) is 32.1. The van der Waals surface area contributed by atoms with Crippen LogP contribution in [0.25, 0.3) is 0 Å². The summed E-state index contributed by atoms with van der Waals surface area (Å²) in [7, 11) is -1.97. The Labute approximate surface area is 266 Å². The minimum atomic E-state index is -3.57. The number of sulfonamides is 1. The molecule has 0 spiro atoms. The van der Waals surface area contributed by atoms with Gasteiger partial charge in [0, 0.05) is 32.5 Å². The maximum absolute atomic E-state index is 14.0. The van der Waals surface area contributed by atoms with Crippen LogP contribution in [0.2, 0.25) is 0 Å². The second-order valence-electron chi connectivity index (χ2n) is 10.7. The van der Waals surface area contributed by atoms with E-state index in [2.05, 4.69) is 10.0 Å². The first-order valence-electron chi connectivity index (χ1n) is 15.2. The second-order valence-corrected chi connectivity index (χ2v) is 12.5. The Bertz CT molecular complexity index is 1610. The minimum Gasteiger partial charge on any atom is -0.497 e. The van der Waals surface area contributed by atoms with Crippen molar-refractivity contribution in [2.75, 3.05) is 20.2 Å². The number of carbonyl (C=O) groups is 2. The molecule has 4 aromatic rings. The lowest BCUT2D eigenvalue weighted by atomic mass is 10.0. The molecule has 0 aromatic heterocycles. The normalized spacial score (nSPS) is 11.9. The van der Waals surface area contributed by atoms with Crippen molar-refractivity contribution < 1.29 is 22.7 Å². The zero-order valence-corrected chi connectivity index (χ0v) is 26.6.